The molecule has 1 aromatic carbocycles. The minimum atomic E-state index is 0.765. The van der Waals surface area contributed by atoms with E-state index in [2.05, 4.69) is 66.3 Å². The number of rotatable bonds is 6. The Morgan fingerprint density at radius 3 is 2.43 bits per heavy atom. The Labute approximate surface area is 135 Å². The highest BCUT2D eigenvalue weighted by Crippen LogP contribution is 2.18. The summed E-state index contributed by atoms with van der Waals surface area (Å²) < 4.78 is 1.09. The first-order chi connectivity index (χ1) is 10.1. The number of benzene rings is 1. The molecular weight excluding hydrogens is 326 g/mol. The summed E-state index contributed by atoms with van der Waals surface area (Å²) in [5.74, 6) is 1.87. The maximum atomic E-state index is 4.71. The van der Waals surface area contributed by atoms with E-state index in [1.165, 1.54) is 11.1 Å². The van der Waals surface area contributed by atoms with Gasteiger partial charge in [-0.1, -0.05) is 41.9 Å². The standard InChI is InChI=1S/C17H22BrN3/c1-4-10-19-17-12(3)15(5-2)20-16(21-17)11-13-6-8-14(18)9-7-13/h6-9H,4-5,10-11H2,1-3H3,(H,19,20,21). The molecule has 0 saturated carbocycles. The summed E-state index contributed by atoms with van der Waals surface area (Å²) in [5, 5.41) is 3.41. The fourth-order valence-electron chi connectivity index (χ4n) is 2.24. The lowest BCUT2D eigenvalue weighted by Crippen LogP contribution is -2.10. The summed E-state index contributed by atoms with van der Waals surface area (Å²) in [5.41, 5.74) is 3.53. The van der Waals surface area contributed by atoms with Crippen LogP contribution in [0.1, 0.15) is 42.9 Å². The minimum absolute atomic E-state index is 0.765. The van der Waals surface area contributed by atoms with Gasteiger partial charge in [0.2, 0.25) is 0 Å². The van der Waals surface area contributed by atoms with Gasteiger partial charge in [-0.3, -0.25) is 0 Å². The summed E-state index contributed by atoms with van der Waals surface area (Å²) in [6.07, 6.45) is 2.79. The zero-order chi connectivity index (χ0) is 15.2. The van der Waals surface area contributed by atoms with E-state index in [0.717, 1.165) is 47.6 Å². The van der Waals surface area contributed by atoms with Gasteiger partial charge in [0.05, 0.1) is 0 Å². The largest absolute Gasteiger partial charge is 0.370 e. The Hall–Kier alpha value is -1.42. The van der Waals surface area contributed by atoms with Crippen LogP contribution in [-0.4, -0.2) is 16.5 Å². The van der Waals surface area contributed by atoms with Gasteiger partial charge in [0.1, 0.15) is 11.6 Å². The molecule has 0 aliphatic heterocycles. The van der Waals surface area contributed by atoms with Gasteiger partial charge in [-0.2, -0.15) is 0 Å². The Bertz CT molecular complexity index is 594. The van der Waals surface area contributed by atoms with Crippen LogP contribution in [0.25, 0.3) is 0 Å². The average molecular weight is 348 g/mol. The molecule has 0 saturated heterocycles. The molecule has 3 nitrogen and oxygen atoms in total. The quantitative estimate of drug-likeness (QED) is 0.834. The second-order valence-corrected chi connectivity index (χ2v) is 6.06. The molecule has 0 amide bonds. The van der Waals surface area contributed by atoms with Gasteiger partial charge in [0.25, 0.3) is 0 Å². The van der Waals surface area contributed by atoms with Gasteiger partial charge < -0.3 is 5.32 Å². The molecule has 0 atom stereocenters. The van der Waals surface area contributed by atoms with Gasteiger partial charge in [-0.25, -0.2) is 9.97 Å². The van der Waals surface area contributed by atoms with Gasteiger partial charge in [0, 0.05) is 28.7 Å². The molecule has 0 bridgehead atoms. The minimum Gasteiger partial charge on any atom is -0.370 e. The van der Waals surface area contributed by atoms with Crippen molar-refractivity contribution in [3.8, 4) is 0 Å². The van der Waals surface area contributed by atoms with Crippen LogP contribution < -0.4 is 5.32 Å². The van der Waals surface area contributed by atoms with Crippen LogP contribution in [0.2, 0.25) is 0 Å². The number of hydrogen-bond donors (Lipinski definition) is 1. The van der Waals surface area contributed by atoms with Gasteiger partial charge in [-0.15, -0.1) is 0 Å². The first-order valence-electron chi connectivity index (χ1n) is 7.48. The second kappa shape index (κ2) is 7.55. The molecular formula is C17H22BrN3. The lowest BCUT2D eigenvalue weighted by molar-refractivity contribution is 0.876. The number of nitrogens with zero attached hydrogens (tertiary/aromatic N) is 2. The van der Waals surface area contributed by atoms with Crippen molar-refractivity contribution in [2.75, 3.05) is 11.9 Å². The average Bonchev–Trinajstić information content (AvgIpc) is 2.49. The van der Waals surface area contributed by atoms with Crippen LogP contribution in [0, 0.1) is 6.92 Å². The van der Waals surface area contributed by atoms with E-state index < -0.39 is 0 Å². The SMILES string of the molecule is CCCNc1nc(Cc2ccc(Br)cc2)nc(CC)c1C. The molecule has 1 heterocycles. The summed E-state index contributed by atoms with van der Waals surface area (Å²) in [7, 11) is 0. The van der Waals surface area contributed by atoms with Gasteiger partial charge >= 0.3 is 0 Å². The highest BCUT2D eigenvalue weighted by molar-refractivity contribution is 9.10. The van der Waals surface area contributed by atoms with E-state index in [1.807, 2.05) is 0 Å². The fraction of sp³-hybridized carbons (Fsp3) is 0.412. The molecule has 4 heteroatoms. The number of nitrogens with one attached hydrogen (secondary N) is 1. The van der Waals surface area contributed by atoms with E-state index in [9.17, 15) is 0 Å². The Morgan fingerprint density at radius 2 is 1.81 bits per heavy atom. The van der Waals surface area contributed by atoms with Crippen molar-refractivity contribution < 1.29 is 0 Å². The highest BCUT2D eigenvalue weighted by Gasteiger charge is 2.10. The second-order valence-electron chi connectivity index (χ2n) is 5.14. The van der Waals surface area contributed by atoms with Crippen LogP contribution in [0.3, 0.4) is 0 Å². The van der Waals surface area contributed by atoms with E-state index in [4.69, 9.17) is 9.97 Å². The molecule has 1 N–H and O–H groups in total. The molecule has 0 spiro atoms. The normalized spacial score (nSPS) is 10.7. The molecule has 0 radical (unpaired) electrons. The van der Waals surface area contributed by atoms with Crippen LogP contribution in [0.15, 0.2) is 28.7 Å². The van der Waals surface area contributed by atoms with E-state index in [1.54, 1.807) is 0 Å². The molecule has 2 rings (SSSR count). The van der Waals surface area contributed by atoms with Gasteiger partial charge in [0.15, 0.2) is 0 Å². The monoisotopic (exact) mass is 347 g/mol. The van der Waals surface area contributed by atoms with E-state index in [0.29, 0.717) is 0 Å². The van der Waals surface area contributed by atoms with Crippen molar-refractivity contribution in [2.45, 2.75) is 40.0 Å². The third-order valence-corrected chi connectivity index (χ3v) is 3.97. The maximum Gasteiger partial charge on any atom is 0.135 e. The first-order valence-corrected chi connectivity index (χ1v) is 8.28. The molecule has 0 unspecified atom stereocenters. The summed E-state index contributed by atoms with van der Waals surface area (Å²) in [4.78, 5) is 9.42. The van der Waals surface area contributed by atoms with Crippen molar-refractivity contribution >= 4 is 21.7 Å². The number of halogens is 1. The Balaban J connectivity index is 2.27. The molecule has 0 aliphatic rings. The lowest BCUT2D eigenvalue weighted by atomic mass is 10.1. The Kier molecular flexibility index (Phi) is 5.74. The molecule has 0 aliphatic carbocycles. The number of anilines is 1. The van der Waals surface area contributed by atoms with Crippen LogP contribution in [-0.2, 0) is 12.8 Å². The van der Waals surface area contributed by atoms with E-state index >= 15 is 0 Å². The number of hydrogen-bond acceptors (Lipinski definition) is 3. The van der Waals surface area contributed by atoms with Crippen molar-refractivity contribution in [2.24, 2.45) is 0 Å². The highest BCUT2D eigenvalue weighted by atomic mass is 79.9. The lowest BCUT2D eigenvalue weighted by Gasteiger charge is -2.13. The molecule has 21 heavy (non-hydrogen) atoms. The van der Waals surface area contributed by atoms with E-state index in [-0.39, 0.29) is 0 Å². The first kappa shape index (κ1) is 16.0. The fourth-order valence-corrected chi connectivity index (χ4v) is 2.50. The summed E-state index contributed by atoms with van der Waals surface area (Å²) in [6.45, 7) is 7.34. The topological polar surface area (TPSA) is 37.8 Å². The molecule has 112 valence electrons. The van der Waals surface area contributed by atoms with Crippen molar-refractivity contribution in [1.82, 2.24) is 9.97 Å². The van der Waals surface area contributed by atoms with Crippen LogP contribution in [0.5, 0.6) is 0 Å². The smallest absolute Gasteiger partial charge is 0.135 e. The van der Waals surface area contributed by atoms with Crippen molar-refractivity contribution in [3.63, 3.8) is 0 Å². The maximum absolute atomic E-state index is 4.71. The van der Waals surface area contributed by atoms with Crippen molar-refractivity contribution in [1.29, 1.82) is 0 Å². The predicted octanol–water partition coefficient (Wildman–Crippen LogP) is 4.52. The molecule has 2 aromatic rings. The number of aromatic nitrogens is 2. The third-order valence-electron chi connectivity index (χ3n) is 3.45. The zero-order valence-electron chi connectivity index (χ0n) is 12.9. The summed E-state index contributed by atoms with van der Waals surface area (Å²) in [6, 6.07) is 8.33. The zero-order valence-corrected chi connectivity index (χ0v) is 14.5. The van der Waals surface area contributed by atoms with Crippen molar-refractivity contribution in [3.05, 3.63) is 51.4 Å². The molecule has 1 aromatic heterocycles. The molecule has 0 fully saturated rings. The number of aryl methyl sites for hydroxylation is 1. The summed E-state index contributed by atoms with van der Waals surface area (Å²) >= 11 is 3.46. The van der Waals surface area contributed by atoms with Gasteiger partial charge in [-0.05, 0) is 37.5 Å². The van der Waals surface area contributed by atoms with Crippen LogP contribution in [0.4, 0.5) is 5.82 Å². The Morgan fingerprint density at radius 1 is 1.10 bits per heavy atom. The third kappa shape index (κ3) is 4.27. The predicted molar refractivity (Wildman–Crippen MR) is 91.9 cm³/mol. The van der Waals surface area contributed by atoms with Crippen LogP contribution >= 0.6 is 15.9 Å².